The standard InChI is InChI=1S/C18H27N3O6S/c1-6-21(7-2)28(25,26)15-10-8-14(9-11-15)17(23)19-12-16(22)27-13(3)18(24)20(4)5/h8-11,13H,6-7,12H2,1-5H3,(H,19,23)/t13-/m1/s1. The average molecular weight is 413 g/mol. The number of likely N-dealkylation sites (N-methyl/N-ethyl adjacent to an activating group) is 1. The van der Waals surface area contributed by atoms with Crippen LogP contribution in [0.25, 0.3) is 0 Å². The van der Waals surface area contributed by atoms with E-state index in [-0.39, 0.29) is 16.4 Å². The number of esters is 1. The summed E-state index contributed by atoms with van der Waals surface area (Å²) in [4.78, 5) is 36.9. The summed E-state index contributed by atoms with van der Waals surface area (Å²) in [5, 5.41) is 2.38. The second-order valence-electron chi connectivity index (χ2n) is 6.16. The first kappa shape index (κ1) is 23.6. The third-order valence-corrected chi connectivity index (χ3v) is 6.01. The van der Waals surface area contributed by atoms with E-state index in [1.54, 1.807) is 27.9 Å². The lowest BCUT2D eigenvalue weighted by molar-refractivity contribution is -0.157. The maximum absolute atomic E-state index is 12.4. The molecule has 156 valence electrons. The highest BCUT2D eigenvalue weighted by atomic mass is 32.2. The number of ether oxygens (including phenoxy) is 1. The summed E-state index contributed by atoms with van der Waals surface area (Å²) < 4.78 is 31.1. The van der Waals surface area contributed by atoms with Crippen molar-refractivity contribution in [2.24, 2.45) is 0 Å². The first-order chi connectivity index (χ1) is 13.0. The van der Waals surface area contributed by atoms with Gasteiger partial charge in [0.1, 0.15) is 6.54 Å². The fourth-order valence-corrected chi connectivity index (χ4v) is 3.86. The maximum Gasteiger partial charge on any atom is 0.326 e. The Hall–Kier alpha value is -2.46. The monoisotopic (exact) mass is 413 g/mol. The Labute approximate surface area is 165 Å². The number of nitrogens with zero attached hydrogens (tertiary/aromatic N) is 2. The number of hydrogen-bond acceptors (Lipinski definition) is 6. The summed E-state index contributed by atoms with van der Waals surface area (Å²) in [5.74, 6) is -1.68. The van der Waals surface area contributed by atoms with E-state index in [4.69, 9.17) is 4.74 Å². The summed E-state index contributed by atoms with van der Waals surface area (Å²) in [6.07, 6.45) is -0.955. The highest BCUT2D eigenvalue weighted by molar-refractivity contribution is 7.89. The molecule has 0 saturated heterocycles. The van der Waals surface area contributed by atoms with Crippen molar-refractivity contribution in [2.75, 3.05) is 33.7 Å². The van der Waals surface area contributed by atoms with E-state index in [2.05, 4.69) is 5.32 Å². The predicted octanol–water partition coefficient (Wildman–Crippen LogP) is 0.467. The summed E-state index contributed by atoms with van der Waals surface area (Å²) in [6, 6.07) is 5.43. The number of carbonyl (C=O) groups is 3. The Balaban J connectivity index is 2.69. The lowest BCUT2D eigenvalue weighted by atomic mass is 10.2. The van der Waals surface area contributed by atoms with Crippen molar-refractivity contribution >= 4 is 27.8 Å². The van der Waals surface area contributed by atoms with E-state index < -0.39 is 34.5 Å². The zero-order chi connectivity index (χ0) is 21.5. The molecule has 0 spiro atoms. The molecule has 0 radical (unpaired) electrons. The molecule has 1 atom stereocenters. The van der Waals surface area contributed by atoms with Gasteiger partial charge in [0, 0.05) is 32.7 Å². The zero-order valence-electron chi connectivity index (χ0n) is 16.8. The van der Waals surface area contributed by atoms with E-state index >= 15 is 0 Å². The molecule has 1 N–H and O–H groups in total. The van der Waals surface area contributed by atoms with Gasteiger partial charge in [0.25, 0.3) is 11.8 Å². The van der Waals surface area contributed by atoms with Crippen LogP contribution in [0, 0.1) is 0 Å². The molecule has 0 aliphatic carbocycles. The summed E-state index contributed by atoms with van der Waals surface area (Å²) >= 11 is 0. The van der Waals surface area contributed by atoms with Crippen LogP contribution in [0.4, 0.5) is 0 Å². The molecule has 0 bridgehead atoms. The Morgan fingerprint density at radius 1 is 1.07 bits per heavy atom. The van der Waals surface area contributed by atoms with Gasteiger partial charge in [-0.3, -0.25) is 14.4 Å². The molecule has 0 aromatic heterocycles. The minimum Gasteiger partial charge on any atom is -0.451 e. The van der Waals surface area contributed by atoms with Gasteiger partial charge >= 0.3 is 5.97 Å². The quantitative estimate of drug-likeness (QED) is 0.589. The average Bonchev–Trinajstić information content (AvgIpc) is 2.66. The molecule has 1 rings (SSSR count). The topological polar surface area (TPSA) is 113 Å². The Bertz CT molecular complexity index is 801. The molecule has 0 saturated carbocycles. The summed E-state index contributed by atoms with van der Waals surface area (Å²) in [7, 11) is -0.526. The molecule has 0 heterocycles. The largest absolute Gasteiger partial charge is 0.451 e. The Morgan fingerprint density at radius 3 is 2.07 bits per heavy atom. The highest BCUT2D eigenvalue weighted by Crippen LogP contribution is 2.16. The van der Waals surface area contributed by atoms with Gasteiger partial charge in [0.2, 0.25) is 10.0 Å². The smallest absolute Gasteiger partial charge is 0.326 e. The van der Waals surface area contributed by atoms with Crippen molar-refractivity contribution < 1.29 is 27.5 Å². The number of rotatable bonds is 9. The van der Waals surface area contributed by atoms with Crippen LogP contribution in [-0.2, 0) is 24.3 Å². The minimum atomic E-state index is -3.61. The lowest BCUT2D eigenvalue weighted by Crippen LogP contribution is -2.38. The van der Waals surface area contributed by atoms with Crippen LogP contribution in [-0.4, -0.2) is 75.2 Å². The number of amides is 2. The Kier molecular flexibility index (Phi) is 8.58. The van der Waals surface area contributed by atoms with Gasteiger partial charge in [-0.15, -0.1) is 0 Å². The van der Waals surface area contributed by atoms with Crippen LogP contribution < -0.4 is 5.32 Å². The molecule has 28 heavy (non-hydrogen) atoms. The molecule has 0 aliphatic heterocycles. The second-order valence-corrected chi connectivity index (χ2v) is 8.10. The van der Waals surface area contributed by atoms with Gasteiger partial charge in [-0.2, -0.15) is 4.31 Å². The summed E-state index contributed by atoms with van der Waals surface area (Å²) in [5.41, 5.74) is 0.198. The molecule has 9 nitrogen and oxygen atoms in total. The molecule has 10 heteroatoms. The van der Waals surface area contributed by atoms with E-state index in [1.165, 1.54) is 40.4 Å². The van der Waals surface area contributed by atoms with Crippen molar-refractivity contribution in [2.45, 2.75) is 31.8 Å². The van der Waals surface area contributed by atoms with Crippen LogP contribution in [0.5, 0.6) is 0 Å². The summed E-state index contributed by atoms with van der Waals surface area (Å²) in [6.45, 7) is 5.21. The van der Waals surface area contributed by atoms with E-state index in [1.807, 2.05) is 0 Å². The third-order valence-electron chi connectivity index (χ3n) is 3.95. The van der Waals surface area contributed by atoms with Crippen molar-refractivity contribution in [3.05, 3.63) is 29.8 Å². The van der Waals surface area contributed by atoms with Gasteiger partial charge in [0.15, 0.2) is 6.10 Å². The molecule has 1 aromatic rings. The minimum absolute atomic E-state index is 0.0863. The van der Waals surface area contributed by atoms with E-state index in [9.17, 15) is 22.8 Å². The normalized spacial score (nSPS) is 12.4. The molecular formula is C18H27N3O6S. The molecule has 0 aliphatic rings. The number of hydrogen-bond donors (Lipinski definition) is 1. The van der Waals surface area contributed by atoms with Crippen molar-refractivity contribution in [1.82, 2.24) is 14.5 Å². The maximum atomic E-state index is 12.4. The highest BCUT2D eigenvalue weighted by Gasteiger charge is 2.22. The van der Waals surface area contributed by atoms with Crippen LogP contribution in [0.1, 0.15) is 31.1 Å². The lowest BCUT2D eigenvalue weighted by Gasteiger charge is -2.18. The van der Waals surface area contributed by atoms with Gasteiger partial charge in [-0.05, 0) is 31.2 Å². The molecule has 1 aromatic carbocycles. The SMILES string of the molecule is CCN(CC)S(=O)(=O)c1ccc(C(=O)NCC(=O)O[C@H](C)C(=O)N(C)C)cc1. The molecule has 0 unspecified atom stereocenters. The predicted molar refractivity (Wildman–Crippen MR) is 103 cm³/mol. The molecular weight excluding hydrogens is 386 g/mol. The van der Waals surface area contributed by atoms with Crippen molar-refractivity contribution in [3.8, 4) is 0 Å². The third kappa shape index (κ3) is 6.03. The molecule has 0 fully saturated rings. The first-order valence-electron chi connectivity index (χ1n) is 8.83. The second kappa shape index (κ2) is 10.2. The first-order valence-corrected chi connectivity index (χ1v) is 10.3. The van der Waals surface area contributed by atoms with Gasteiger partial charge in [0.05, 0.1) is 4.90 Å². The van der Waals surface area contributed by atoms with Gasteiger partial charge in [-0.1, -0.05) is 13.8 Å². The zero-order valence-corrected chi connectivity index (χ0v) is 17.6. The number of nitrogens with one attached hydrogen (secondary N) is 1. The van der Waals surface area contributed by atoms with Crippen LogP contribution >= 0.6 is 0 Å². The van der Waals surface area contributed by atoms with E-state index in [0.29, 0.717) is 13.1 Å². The number of sulfonamides is 1. The van der Waals surface area contributed by atoms with E-state index in [0.717, 1.165) is 0 Å². The van der Waals surface area contributed by atoms with Crippen molar-refractivity contribution in [3.63, 3.8) is 0 Å². The molecule has 2 amide bonds. The fraction of sp³-hybridized carbons (Fsp3) is 0.500. The van der Waals surface area contributed by atoms with Crippen LogP contribution in [0.3, 0.4) is 0 Å². The van der Waals surface area contributed by atoms with Crippen molar-refractivity contribution in [1.29, 1.82) is 0 Å². The number of carbonyl (C=O) groups excluding carboxylic acids is 3. The Morgan fingerprint density at radius 2 is 1.61 bits per heavy atom. The van der Waals surface area contributed by atoms with Crippen LogP contribution in [0.15, 0.2) is 29.2 Å². The van der Waals surface area contributed by atoms with Crippen LogP contribution in [0.2, 0.25) is 0 Å². The van der Waals surface area contributed by atoms with Gasteiger partial charge in [-0.25, -0.2) is 8.42 Å². The fourth-order valence-electron chi connectivity index (χ4n) is 2.40. The van der Waals surface area contributed by atoms with Gasteiger partial charge < -0.3 is 15.0 Å². The number of benzene rings is 1.